The predicted molar refractivity (Wildman–Crippen MR) is 102 cm³/mol. The third-order valence-electron chi connectivity index (χ3n) is 4.20. The number of nitrogens with one attached hydrogen (secondary N) is 1. The van der Waals surface area contributed by atoms with Crippen molar-refractivity contribution in [2.45, 2.75) is 33.3 Å². The van der Waals surface area contributed by atoms with Crippen LogP contribution in [-0.4, -0.2) is 31.0 Å². The fourth-order valence-corrected chi connectivity index (χ4v) is 2.93. The van der Waals surface area contributed by atoms with Crippen molar-refractivity contribution in [3.05, 3.63) is 47.5 Å². The Balaban J connectivity index is 1.65. The molecule has 0 radical (unpaired) electrons. The molecule has 2 aromatic carbocycles. The smallest absolute Gasteiger partial charge is 0.262 e. The zero-order chi connectivity index (χ0) is 19.4. The molecule has 6 nitrogen and oxygen atoms in total. The Kier molecular flexibility index (Phi) is 5.64. The number of ether oxygens (including phenoxy) is 3. The summed E-state index contributed by atoms with van der Waals surface area (Å²) in [5, 5.41) is 2.82. The molecule has 1 aliphatic heterocycles. The van der Waals surface area contributed by atoms with Crippen LogP contribution in [0.4, 0.5) is 5.69 Å². The van der Waals surface area contributed by atoms with E-state index in [0.717, 1.165) is 17.7 Å². The van der Waals surface area contributed by atoms with Gasteiger partial charge in [0.05, 0.1) is 12.3 Å². The molecule has 0 aromatic heterocycles. The summed E-state index contributed by atoms with van der Waals surface area (Å²) in [6.07, 6.45) is 0.935. The van der Waals surface area contributed by atoms with Crippen molar-refractivity contribution in [3.63, 3.8) is 0 Å². The van der Waals surface area contributed by atoms with Gasteiger partial charge >= 0.3 is 0 Å². The number of Topliss-reactive ketones (excluding diaryl/α,β-unsaturated/α-hetero) is 1. The number of hydrogen-bond acceptors (Lipinski definition) is 5. The lowest BCUT2D eigenvalue weighted by atomic mass is 10.1. The van der Waals surface area contributed by atoms with E-state index < -0.39 is 0 Å². The number of ketones is 1. The van der Waals surface area contributed by atoms with E-state index in [1.54, 1.807) is 30.3 Å². The fourth-order valence-electron chi connectivity index (χ4n) is 2.93. The van der Waals surface area contributed by atoms with Crippen LogP contribution in [0.5, 0.6) is 17.2 Å². The van der Waals surface area contributed by atoms with Crippen molar-refractivity contribution in [2.24, 2.45) is 0 Å². The maximum Gasteiger partial charge on any atom is 0.262 e. The van der Waals surface area contributed by atoms with Crippen LogP contribution in [0, 0.1) is 0 Å². The Morgan fingerprint density at radius 2 is 1.93 bits per heavy atom. The molecule has 0 aliphatic carbocycles. The number of rotatable bonds is 7. The molecule has 1 amide bonds. The summed E-state index contributed by atoms with van der Waals surface area (Å²) in [6.45, 7) is 5.74. The Hall–Kier alpha value is -3.02. The lowest BCUT2D eigenvalue weighted by Crippen LogP contribution is -2.20. The van der Waals surface area contributed by atoms with Crippen LogP contribution in [0.15, 0.2) is 36.4 Å². The van der Waals surface area contributed by atoms with Gasteiger partial charge in [-0.2, -0.15) is 0 Å². The SMILES string of the molecule is CCOc1cc2c(cc1NC(=O)COc1ccc(C(C)=O)cc1)O[C@@H](C)C2. The van der Waals surface area contributed by atoms with Crippen molar-refractivity contribution in [1.82, 2.24) is 0 Å². The standard InChI is InChI=1S/C21H23NO5/c1-4-25-20-10-16-9-13(2)27-19(16)11-18(20)22-21(24)12-26-17-7-5-15(6-8-17)14(3)23/h5-8,10-11,13H,4,9,12H2,1-3H3,(H,22,24)/t13-/m0/s1. The van der Waals surface area contributed by atoms with E-state index in [1.807, 2.05) is 19.9 Å². The molecule has 1 N–H and O–H groups in total. The monoisotopic (exact) mass is 369 g/mol. The second kappa shape index (κ2) is 8.12. The first kappa shape index (κ1) is 18.8. The Morgan fingerprint density at radius 1 is 1.19 bits per heavy atom. The molecule has 6 heteroatoms. The Bertz CT molecular complexity index is 844. The van der Waals surface area contributed by atoms with E-state index in [1.165, 1.54) is 6.92 Å². The van der Waals surface area contributed by atoms with Crippen molar-refractivity contribution in [2.75, 3.05) is 18.5 Å². The molecule has 27 heavy (non-hydrogen) atoms. The summed E-state index contributed by atoms with van der Waals surface area (Å²) in [7, 11) is 0. The van der Waals surface area contributed by atoms with Crippen molar-refractivity contribution < 1.29 is 23.8 Å². The highest BCUT2D eigenvalue weighted by Crippen LogP contribution is 2.38. The molecule has 3 rings (SSSR count). The van der Waals surface area contributed by atoms with Crippen LogP contribution in [0.2, 0.25) is 0 Å². The maximum absolute atomic E-state index is 12.3. The first-order valence-electron chi connectivity index (χ1n) is 8.96. The zero-order valence-corrected chi connectivity index (χ0v) is 15.7. The molecular weight excluding hydrogens is 346 g/mol. The lowest BCUT2D eigenvalue weighted by Gasteiger charge is -2.14. The van der Waals surface area contributed by atoms with E-state index in [0.29, 0.717) is 29.4 Å². The predicted octanol–water partition coefficient (Wildman–Crippen LogP) is 3.63. The largest absolute Gasteiger partial charge is 0.492 e. The Labute approximate surface area is 158 Å². The zero-order valence-electron chi connectivity index (χ0n) is 15.7. The number of benzene rings is 2. The molecule has 2 aromatic rings. The summed E-state index contributed by atoms with van der Waals surface area (Å²) in [6, 6.07) is 10.4. The molecule has 0 saturated carbocycles. The van der Waals surface area contributed by atoms with Gasteiger partial charge in [-0.3, -0.25) is 9.59 Å². The highest BCUT2D eigenvalue weighted by Gasteiger charge is 2.22. The normalized spacial score (nSPS) is 14.9. The van der Waals surface area contributed by atoms with Gasteiger partial charge in [0.15, 0.2) is 12.4 Å². The topological polar surface area (TPSA) is 73.9 Å². The average molecular weight is 369 g/mol. The molecule has 0 bridgehead atoms. The van der Waals surface area contributed by atoms with Gasteiger partial charge in [0.1, 0.15) is 23.4 Å². The Morgan fingerprint density at radius 3 is 2.59 bits per heavy atom. The van der Waals surface area contributed by atoms with Gasteiger partial charge < -0.3 is 19.5 Å². The summed E-state index contributed by atoms with van der Waals surface area (Å²) in [5.74, 6) is 1.58. The van der Waals surface area contributed by atoms with Gasteiger partial charge in [0.2, 0.25) is 0 Å². The highest BCUT2D eigenvalue weighted by molar-refractivity contribution is 5.94. The second-order valence-corrected chi connectivity index (χ2v) is 6.44. The number of anilines is 1. The van der Waals surface area contributed by atoms with Crippen LogP contribution in [0.3, 0.4) is 0 Å². The minimum absolute atomic E-state index is 0.0177. The number of amides is 1. The minimum atomic E-state index is -0.308. The first-order chi connectivity index (χ1) is 13.0. The molecule has 1 aliphatic rings. The van der Waals surface area contributed by atoms with E-state index in [4.69, 9.17) is 14.2 Å². The first-order valence-corrected chi connectivity index (χ1v) is 8.96. The van der Waals surface area contributed by atoms with Crippen LogP contribution in [0.1, 0.15) is 36.7 Å². The molecule has 0 spiro atoms. The van der Waals surface area contributed by atoms with Crippen LogP contribution < -0.4 is 19.5 Å². The summed E-state index contributed by atoms with van der Waals surface area (Å²) in [5.41, 5.74) is 2.23. The number of fused-ring (bicyclic) bond motifs is 1. The van der Waals surface area contributed by atoms with Gasteiger partial charge in [-0.1, -0.05) is 0 Å². The third kappa shape index (κ3) is 4.58. The van der Waals surface area contributed by atoms with Crippen LogP contribution >= 0.6 is 0 Å². The van der Waals surface area contributed by atoms with Crippen molar-refractivity contribution in [1.29, 1.82) is 0 Å². The average Bonchev–Trinajstić information content (AvgIpc) is 2.99. The molecule has 0 fully saturated rings. The molecule has 1 atom stereocenters. The molecular formula is C21H23NO5. The second-order valence-electron chi connectivity index (χ2n) is 6.44. The summed E-state index contributed by atoms with van der Waals surface area (Å²) in [4.78, 5) is 23.6. The number of carbonyl (C=O) groups is 2. The van der Waals surface area contributed by atoms with E-state index in [2.05, 4.69) is 5.32 Å². The van der Waals surface area contributed by atoms with Gasteiger partial charge in [0, 0.05) is 23.6 Å². The summed E-state index contributed by atoms with van der Waals surface area (Å²) < 4.78 is 16.9. The minimum Gasteiger partial charge on any atom is -0.492 e. The molecule has 1 heterocycles. The van der Waals surface area contributed by atoms with Crippen molar-refractivity contribution >= 4 is 17.4 Å². The molecule has 0 unspecified atom stereocenters. The summed E-state index contributed by atoms with van der Waals surface area (Å²) >= 11 is 0. The highest BCUT2D eigenvalue weighted by atomic mass is 16.5. The van der Waals surface area contributed by atoms with Crippen molar-refractivity contribution in [3.8, 4) is 17.2 Å². The molecule has 142 valence electrons. The van der Waals surface area contributed by atoms with Gasteiger partial charge in [0.25, 0.3) is 5.91 Å². The van der Waals surface area contributed by atoms with Gasteiger partial charge in [-0.05, 0) is 51.1 Å². The van der Waals surface area contributed by atoms with Gasteiger partial charge in [-0.15, -0.1) is 0 Å². The van der Waals surface area contributed by atoms with Gasteiger partial charge in [-0.25, -0.2) is 0 Å². The van der Waals surface area contributed by atoms with Crippen LogP contribution in [0.25, 0.3) is 0 Å². The fraction of sp³-hybridized carbons (Fsp3) is 0.333. The maximum atomic E-state index is 12.3. The van der Waals surface area contributed by atoms with E-state index >= 15 is 0 Å². The quantitative estimate of drug-likeness (QED) is 0.755. The number of carbonyl (C=O) groups excluding carboxylic acids is 2. The lowest BCUT2D eigenvalue weighted by molar-refractivity contribution is -0.118. The van der Waals surface area contributed by atoms with E-state index in [9.17, 15) is 9.59 Å². The van der Waals surface area contributed by atoms with E-state index in [-0.39, 0.29) is 24.4 Å². The number of hydrogen-bond donors (Lipinski definition) is 1. The van der Waals surface area contributed by atoms with Crippen LogP contribution in [-0.2, 0) is 11.2 Å². The molecule has 0 saturated heterocycles. The third-order valence-corrected chi connectivity index (χ3v) is 4.20.